The van der Waals surface area contributed by atoms with E-state index in [2.05, 4.69) is 47.1 Å². The summed E-state index contributed by atoms with van der Waals surface area (Å²) < 4.78 is 1.13. The molecular weight excluding hydrogens is 262 g/mol. The van der Waals surface area contributed by atoms with Crippen LogP contribution in [-0.4, -0.2) is 11.8 Å². The maximum Gasteiger partial charge on any atom is 0.0503 e. The molecule has 2 heteroatoms. The standard InChI is InChI=1S/C14H18BrN/c1-11(12-7-9-13(15)10-8-12)16-14-5-3-2-4-6-14/h7-10,14H,2-6H2,1H3. The van der Waals surface area contributed by atoms with Crippen LogP contribution in [0.4, 0.5) is 0 Å². The number of halogens is 1. The molecule has 0 saturated heterocycles. The minimum absolute atomic E-state index is 0.567. The van der Waals surface area contributed by atoms with Crippen LogP contribution in [0, 0.1) is 0 Å². The van der Waals surface area contributed by atoms with Crippen LogP contribution in [0.25, 0.3) is 0 Å². The Hall–Kier alpha value is -0.630. The fourth-order valence-corrected chi connectivity index (χ4v) is 2.51. The van der Waals surface area contributed by atoms with Crippen molar-refractivity contribution in [1.29, 1.82) is 0 Å². The van der Waals surface area contributed by atoms with Gasteiger partial charge in [0.15, 0.2) is 0 Å². The fraction of sp³-hybridized carbons (Fsp3) is 0.500. The quantitative estimate of drug-likeness (QED) is 0.702. The van der Waals surface area contributed by atoms with Crippen molar-refractivity contribution in [2.24, 2.45) is 4.99 Å². The second-order valence-electron chi connectivity index (χ2n) is 4.51. The van der Waals surface area contributed by atoms with Gasteiger partial charge in [-0.25, -0.2) is 0 Å². The smallest absolute Gasteiger partial charge is 0.0503 e. The zero-order valence-electron chi connectivity index (χ0n) is 9.75. The highest BCUT2D eigenvalue weighted by Gasteiger charge is 2.12. The minimum Gasteiger partial charge on any atom is -0.286 e. The summed E-state index contributed by atoms with van der Waals surface area (Å²) in [6.45, 7) is 2.12. The zero-order chi connectivity index (χ0) is 11.4. The van der Waals surface area contributed by atoms with Gasteiger partial charge in [-0.2, -0.15) is 0 Å². The predicted molar refractivity (Wildman–Crippen MR) is 73.2 cm³/mol. The van der Waals surface area contributed by atoms with Crippen LogP contribution in [0.2, 0.25) is 0 Å². The summed E-state index contributed by atoms with van der Waals surface area (Å²) in [7, 11) is 0. The Kier molecular flexibility index (Phi) is 4.16. The summed E-state index contributed by atoms with van der Waals surface area (Å²) in [6.07, 6.45) is 6.63. The third-order valence-electron chi connectivity index (χ3n) is 3.21. The summed E-state index contributed by atoms with van der Waals surface area (Å²) in [5.74, 6) is 0. The molecule has 0 heterocycles. The van der Waals surface area contributed by atoms with E-state index in [-0.39, 0.29) is 0 Å². The van der Waals surface area contributed by atoms with Crippen molar-refractivity contribution in [3.8, 4) is 0 Å². The van der Waals surface area contributed by atoms with Crippen LogP contribution < -0.4 is 0 Å². The highest BCUT2D eigenvalue weighted by Crippen LogP contribution is 2.21. The van der Waals surface area contributed by atoms with Crippen molar-refractivity contribution < 1.29 is 0 Å². The maximum absolute atomic E-state index is 4.84. The predicted octanol–water partition coefficient (Wildman–Crippen LogP) is 4.59. The average molecular weight is 280 g/mol. The van der Waals surface area contributed by atoms with Gasteiger partial charge < -0.3 is 0 Å². The van der Waals surface area contributed by atoms with E-state index in [1.54, 1.807) is 0 Å². The lowest BCUT2D eigenvalue weighted by atomic mass is 9.96. The Morgan fingerprint density at radius 2 is 1.75 bits per heavy atom. The molecule has 1 saturated carbocycles. The topological polar surface area (TPSA) is 12.4 Å². The first-order valence-electron chi connectivity index (χ1n) is 6.06. The Bertz CT molecular complexity index is 361. The van der Waals surface area contributed by atoms with Crippen molar-refractivity contribution >= 4 is 21.6 Å². The molecule has 1 aromatic carbocycles. The molecule has 0 aliphatic heterocycles. The number of aliphatic imine (C=N–C) groups is 1. The third kappa shape index (κ3) is 3.18. The number of hydrogen-bond donors (Lipinski definition) is 0. The highest BCUT2D eigenvalue weighted by molar-refractivity contribution is 9.10. The molecule has 1 nitrogen and oxygen atoms in total. The number of hydrogen-bond acceptors (Lipinski definition) is 1. The Labute approximate surface area is 106 Å². The maximum atomic E-state index is 4.84. The Morgan fingerprint density at radius 1 is 1.12 bits per heavy atom. The van der Waals surface area contributed by atoms with Gasteiger partial charge in [0.2, 0.25) is 0 Å². The summed E-state index contributed by atoms with van der Waals surface area (Å²) in [5.41, 5.74) is 2.42. The first-order valence-corrected chi connectivity index (χ1v) is 6.85. The molecule has 86 valence electrons. The van der Waals surface area contributed by atoms with Gasteiger partial charge >= 0.3 is 0 Å². The van der Waals surface area contributed by atoms with Gasteiger partial charge in [-0.05, 0) is 37.5 Å². The van der Waals surface area contributed by atoms with Crippen molar-refractivity contribution in [1.82, 2.24) is 0 Å². The van der Waals surface area contributed by atoms with Crippen LogP contribution >= 0.6 is 15.9 Å². The van der Waals surface area contributed by atoms with Gasteiger partial charge in [0.05, 0.1) is 6.04 Å². The summed E-state index contributed by atoms with van der Waals surface area (Å²) in [5, 5.41) is 0. The van der Waals surface area contributed by atoms with Crippen LogP contribution in [0.3, 0.4) is 0 Å². The molecule has 0 bridgehead atoms. The SMILES string of the molecule is CC(=NC1CCCCC1)c1ccc(Br)cc1. The second kappa shape index (κ2) is 5.62. The third-order valence-corrected chi connectivity index (χ3v) is 3.74. The molecule has 0 unspecified atom stereocenters. The van der Waals surface area contributed by atoms with Crippen LogP contribution in [-0.2, 0) is 0 Å². The molecule has 0 atom stereocenters. The van der Waals surface area contributed by atoms with Crippen LogP contribution in [0.15, 0.2) is 33.7 Å². The molecule has 0 spiro atoms. The average Bonchev–Trinajstić information content (AvgIpc) is 2.31. The van der Waals surface area contributed by atoms with Gasteiger partial charge in [0.1, 0.15) is 0 Å². The highest BCUT2D eigenvalue weighted by atomic mass is 79.9. The van der Waals surface area contributed by atoms with Gasteiger partial charge in [-0.15, -0.1) is 0 Å². The molecule has 1 fully saturated rings. The van der Waals surface area contributed by atoms with E-state index >= 15 is 0 Å². The van der Waals surface area contributed by atoms with Gasteiger partial charge in [-0.3, -0.25) is 4.99 Å². The first kappa shape index (κ1) is 11.8. The van der Waals surface area contributed by atoms with Gasteiger partial charge in [-0.1, -0.05) is 47.3 Å². The number of nitrogens with zero attached hydrogens (tertiary/aromatic N) is 1. The Morgan fingerprint density at radius 3 is 2.38 bits per heavy atom. The van der Waals surface area contributed by atoms with E-state index in [0.717, 1.165) is 4.47 Å². The largest absolute Gasteiger partial charge is 0.286 e. The molecule has 1 aliphatic carbocycles. The van der Waals surface area contributed by atoms with E-state index < -0.39 is 0 Å². The molecule has 0 amide bonds. The van der Waals surface area contributed by atoms with E-state index in [1.807, 2.05) is 0 Å². The number of rotatable bonds is 2. The van der Waals surface area contributed by atoms with Crippen molar-refractivity contribution in [2.75, 3.05) is 0 Å². The van der Waals surface area contributed by atoms with E-state index in [1.165, 1.54) is 43.4 Å². The summed E-state index contributed by atoms with van der Waals surface area (Å²) >= 11 is 3.45. The summed E-state index contributed by atoms with van der Waals surface area (Å²) in [6, 6.07) is 8.99. The van der Waals surface area contributed by atoms with Crippen LogP contribution in [0.1, 0.15) is 44.6 Å². The molecule has 1 aliphatic rings. The van der Waals surface area contributed by atoms with E-state index in [4.69, 9.17) is 4.99 Å². The molecule has 0 aromatic heterocycles. The lowest BCUT2D eigenvalue weighted by Crippen LogP contribution is -2.12. The van der Waals surface area contributed by atoms with Crippen molar-refractivity contribution in [2.45, 2.75) is 45.1 Å². The minimum atomic E-state index is 0.567. The monoisotopic (exact) mass is 279 g/mol. The molecular formula is C14H18BrN. The normalized spacial score (nSPS) is 18.8. The summed E-state index contributed by atoms with van der Waals surface area (Å²) in [4.78, 5) is 4.84. The van der Waals surface area contributed by atoms with Crippen LogP contribution in [0.5, 0.6) is 0 Å². The van der Waals surface area contributed by atoms with Crippen molar-refractivity contribution in [3.05, 3.63) is 34.3 Å². The lowest BCUT2D eigenvalue weighted by molar-refractivity contribution is 0.443. The van der Waals surface area contributed by atoms with E-state index in [9.17, 15) is 0 Å². The number of benzene rings is 1. The van der Waals surface area contributed by atoms with Crippen molar-refractivity contribution in [3.63, 3.8) is 0 Å². The molecule has 0 radical (unpaired) electrons. The van der Waals surface area contributed by atoms with Gasteiger partial charge in [0, 0.05) is 10.2 Å². The molecule has 1 aromatic rings. The van der Waals surface area contributed by atoms with Gasteiger partial charge in [0.25, 0.3) is 0 Å². The second-order valence-corrected chi connectivity index (χ2v) is 5.43. The van der Waals surface area contributed by atoms with E-state index in [0.29, 0.717) is 6.04 Å². The Balaban J connectivity index is 2.07. The molecule has 16 heavy (non-hydrogen) atoms. The fourth-order valence-electron chi connectivity index (χ4n) is 2.25. The zero-order valence-corrected chi connectivity index (χ0v) is 11.3. The molecule has 0 N–H and O–H groups in total. The first-order chi connectivity index (χ1) is 7.75. The molecule has 2 rings (SSSR count). The lowest BCUT2D eigenvalue weighted by Gasteiger charge is -2.18.